The van der Waals surface area contributed by atoms with E-state index in [0.717, 1.165) is 32.5 Å². The number of hydrogen-bond donors (Lipinski definition) is 0. The molecule has 0 saturated carbocycles. The summed E-state index contributed by atoms with van der Waals surface area (Å²) in [5.41, 5.74) is 0. The summed E-state index contributed by atoms with van der Waals surface area (Å²) in [7, 11) is 6.00. The van der Waals surface area contributed by atoms with Crippen molar-refractivity contribution >= 4 is 6.29 Å². The molecule has 1 aliphatic rings. The summed E-state index contributed by atoms with van der Waals surface area (Å²) in [6.07, 6.45) is 0.994. The second-order valence-electron chi connectivity index (χ2n) is 4.75. The normalized spacial score (nSPS) is 20.6. The van der Waals surface area contributed by atoms with Gasteiger partial charge in [-0.05, 0) is 34.6 Å². The van der Waals surface area contributed by atoms with Crippen molar-refractivity contribution in [2.24, 2.45) is 0 Å². The Bertz CT molecular complexity index is 183. The van der Waals surface area contributed by atoms with Crippen molar-refractivity contribution in [2.75, 3.05) is 53.9 Å². The van der Waals surface area contributed by atoms with E-state index in [-0.39, 0.29) is 0 Å². The van der Waals surface area contributed by atoms with Crippen molar-refractivity contribution in [3.8, 4) is 0 Å². The van der Waals surface area contributed by atoms with Gasteiger partial charge in [0.2, 0.25) is 0 Å². The van der Waals surface area contributed by atoms with Crippen LogP contribution in [0.3, 0.4) is 0 Å². The van der Waals surface area contributed by atoms with Crippen LogP contribution in [0, 0.1) is 0 Å². The van der Waals surface area contributed by atoms with Crippen LogP contribution in [-0.2, 0) is 4.79 Å². The highest BCUT2D eigenvalue weighted by molar-refractivity contribution is 5.52. The Morgan fingerprint density at radius 1 is 1.22 bits per heavy atom. The molecule has 1 fully saturated rings. The molecule has 0 aromatic carbocycles. The van der Waals surface area contributed by atoms with Gasteiger partial charge < -0.3 is 9.69 Å². The molecule has 0 bridgehead atoms. The van der Waals surface area contributed by atoms with E-state index in [1.807, 2.05) is 39.9 Å². The second-order valence-corrected chi connectivity index (χ2v) is 4.75. The van der Waals surface area contributed by atoms with E-state index < -0.39 is 0 Å². The molecule has 0 spiro atoms. The van der Waals surface area contributed by atoms with Crippen molar-refractivity contribution in [1.29, 1.82) is 0 Å². The van der Waals surface area contributed by atoms with E-state index in [1.54, 1.807) is 0 Å². The molecule has 4 heteroatoms. The van der Waals surface area contributed by atoms with Crippen LogP contribution in [0.5, 0.6) is 0 Å². The van der Waals surface area contributed by atoms with E-state index in [2.05, 4.69) is 23.6 Å². The minimum Gasteiger partial charge on any atom is -0.312 e. The van der Waals surface area contributed by atoms with Gasteiger partial charge in [-0.25, -0.2) is 0 Å². The molecule has 1 rings (SSSR count). The van der Waals surface area contributed by atoms with Crippen molar-refractivity contribution in [1.82, 2.24) is 14.7 Å². The first-order valence-corrected chi connectivity index (χ1v) is 7.02. The van der Waals surface area contributed by atoms with Crippen LogP contribution in [0.15, 0.2) is 0 Å². The number of piperazine rings is 1. The van der Waals surface area contributed by atoms with Crippen LogP contribution in [0.25, 0.3) is 0 Å². The van der Waals surface area contributed by atoms with E-state index in [0.29, 0.717) is 12.6 Å². The lowest BCUT2D eigenvalue weighted by molar-refractivity contribution is -0.109. The zero-order valence-corrected chi connectivity index (χ0v) is 13.4. The van der Waals surface area contributed by atoms with E-state index in [1.165, 1.54) is 0 Å². The molecule has 4 nitrogen and oxygen atoms in total. The van der Waals surface area contributed by atoms with Gasteiger partial charge >= 0.3 is 0 Å². The molecule has 0 aliphatic carbocycles. The van der Waals surface area contributed by atoms with Gasteiger partial charge in [-0.3, -0.25) is 9.80 Å². The zero-order valence-electron chi connectivity index (χ0n) is 13.4. The lowest BCUT2D eigenvalue weighted by atomic mass is 10.2. The number of hydrogen-bond acceptors (Lipinski definition) is 4. The molecular formula is C14H33N3O. The number of nitrogens with zero attached hydrogens (tertiary/aromatic N) is 3. The Balaban J connectivity index is 0. The van der Waals surface area contributed by atoms with Crippen LogP contribution >= 0.6 is 0 Å². The summed E-state index contributed by atoms with van der Waals surface area (Å²) < 4.78 is 0. The number of likely N-dealkylation sites (N-methyl/N-ethyl adjacent to an activating group) is 1. The van der Waals surface area contributed by atoms with Gasteiger partial charge in [-0.2, -0.15) is 0 Å². The summed E-state index contributed by atoms with van der Waals surface area (Å²) in [4.78, 5) is 16.9. The molecule has 0 aromatic rings. The predicted octanol–water partition coefficient (Wildman–Crippen LogP) is 1.42. The summed E-state index contributed by atoms with van der Waals surface area (Å²) in [5, 5.41) is 0. The fourth-order valence-electron chi connectivity index (χ4n) is 1.81. The monoisotopic (exact) mass is 259 g/mol. The van der Waals surface area contributed by atoms with E-state index in [9.17, 15) is 4.79 Å². The van der Waals surface area contributed by atoms with Gasteiger partial charge in [-0.1, -0.05) is 20.8 Å². The molecule has 110 valence electrons. The van der Waals surface area contributed by atoms with Crippen LogP contribution in [-0.4, -0.2) is 80.9 Å². The molecule has 0 N–H and O–H groups in total. The smallest absolute Gasteiger partial charge is 0.133 e. The van der Waals surface area contributed by atoms with Crippen molar-refractivity contribution in [3.63, 3.8) is 0 Å². The first-order valence-electron chi connectivity index (χ1n) is 7.02. The minimum absolute atomic E-state index is 0.599. The molecule has 1 atom stereocenters. The third-order valence-electron chi connectivity index (χ3n) is 2.59. The third kappa shape index (κ3) is 10.7. The molecule has 1 heterocycles. The maximum absolute atomic E-state index is 10.3. The van der Waals surface area contributed by atoms with Crippen molar-refractivity contribution < 1.29 is 4.79 Å². The summed E-state index contributed by atoms with van der Waals surface area (Å²) in [6, 6.07) is 0.601. The molecule has 1 saturated heterocycles. The van der Waals surface area contributed by atoms with Gasteiger partial charge in [0.05, 0.1) is 6.54 Å². The summed E-state index contributed by atoms with van der Waals surface area (Å²) >= 11 is 0. The highest BCUT2D eigenvalue weighted by Crippen LogP contribution is 2.07. The van der Waals surface area contributed by atoms with Crippen LogP contribution in [0.1, 0.15) is 27.7 Å². The fourth-order valence-corrected chi connectivity index (χ4v) is 1.81. The molecule has 1 aliphatic heterocycles. The Labute approximate surface area is 114 Å². The maximum atomic E-state index is 10.3. The molecule has 0 aromatic heterocycles. The van der Waals surface area contributed by atoms with E-state index in [4.69, 9.17) is 0 Å². The average Bonchev–Trinajstić information content (AvgIpc) is 2.32. The Morgan fingerprint density at radius 2 is 1.72 bits per heavy atom. The topological polar surface area (TPSA) is 26.8 Å². The Morgan fingerprint density at radius 3 is 2.06 bits per heavy atom. The first kappa shape index (κ1) is 19.9. The quantitative estimate of drug-likeness (QED) is 0.716. The number of carbonyl (C=O) groups is 1. The Kier molecular flexibility index (Phi) is 14.3. The van der Waals surface area contributed by atoms with Gasteiger partial charge in [0.25, 0.3) is 0 Å². The van der Waals surface area contributed by atoms with Gasteiger partial charge in [0.1, 0.15) is 6.29 Å². The second kappa shape index (κ2) is 13.0. The molecule has 0 radical (unpaired) electrons. The molecular weight excluding hydrogens is 226 g/mol. The lowest BCUT2D eigenvalue weighted by Crippen LogP contribution is -2.51. The standard InChI is InChI=1S/C9H18N2O.C3H9N.C2H6/c1-3-11-5-4-10(6-7-12)8-9(11)2;1-4(2)3;1-2/h7,9H,3-6,8H2,1-2H3;1-3H3;1-2H3. The predicted molar refractivity (Wildman–Crippen MR) is 80.2 cm³/mol. The number of carbonyl (C=O) groups excluding carboxylic acids is 1. The molecule has 1 unspecified atom stereocenters. The largest absolute Gasteiger partial charge is 0.312 e. The molecule has 0 amide bonds. The SMILES string of the molecule is CC.CCN1CCN(CC=O)CC1C.CN(C)C. The van der Waals surface area contributed by atoms with Crippen molar-refractivity contribution in [2.45, 2.75) is 33.7 Å². The van der Waals surface area contributed by atoms with Gasteiger partial charge in [0.15, 0.2) is 0 Å². The maximum Gasteiger partial charge on any atom is 0.133 e. The molecule has 18 heavy (non-hydrogen) atoms. The fraction of sp³-hybridized carbons (Fsp3) is 0.929. The number of rotatable bonds is 3. The summed E-state index contributed by atoms with van der Waals surface area (Å²) in [6.45, 7) is 13.3. The highest BCUT2D eigenvalue weighted by atomic mass is 16.1. The highest BCUT2D eigenvalue weighted by Gasteiger charge is 2.21. The Hall–Kier alpha value is -0.450. The minimum atomic E-state index is 0.599. The van der Waals surface area contributed by atoms with Crippen LogP contribution < -0.4 is 0 Å². The average molecular weight is 259 g/mol. The van der Waals surface area contributed by atoms with Crippen LogP contribution in [0.4, 0.5) is 0 Å². The van der Waals surface area contributed by atoms with E-state index >= 15 is 0 Å². The van der Waals surface area contributed by atoms with Crippen molar-refractivity contribution in [3.05, 3.63) is 0 Å². The van der Waals surface area contributed by atoms with Gasteiger partial charge in [-0.15, -0.1) is 0 Å². The van der Waals surface area contributed by atoms with Gasteiger partial charge in [0, 0.05) is 25.7 Å². The first-order chi connectivity index (χ1) is 8.51. The zero-order chi connectivity index (χ0) is 14.6. The number of aldehydes is 1. The lowest BCUT2D eigenvalue weighted by Gasteiger charge is -2.38. The summed E-state index contributed by atoms with van der Waals surface area (Å²) in [5.74, 6) is 0. The van der Waals surface area contributed by atoms with Crippen LogP contribution in [0.2, 0.25) is 0 Å². The third-order valence-corrected chi connectivity index (χ3v) is 2.59.